The van der Waals surface area contributed by atoms with E-state index in [1.54, 1.807) is 24.3 Å². The second kappa shape index (κ2) is 7.13. The number of thioether (sulfide) groups is 1. The van der Waals surface area contributed by atoms with Gasteiger partial charge in [0, 0.05) is 16.3 Å². The number of hydrogen-bond donors (Lipinski definition) is 1. The number of ether oxygens (including phenoxy) is 1. The van der Waals surface area contributed by atoms with Crippen molar-refractivity contribution in [1.29, 1.82) is 0 Å². The van der Waals surface area contributed by atoms with Crippen LogP contribution in [-0.2, 0) is 0 Å². The molecule has 0 aliphatic heterocycles. The Labute approximate surface area is 127 Å². The highest BCUT2D eigenvalue weighted by atomic mass is 32.2. The summed E-state index contributed by atoms with van der Waals surface area (Å²) in [5.41, 5.74) is 6.56. The molecule has 0 aliphatic carbocycles. The summed E-state index contributed by atoms with van der Waals surface area (Å²) in [6.07, 6.45) is 0. The van der Waals surface area contributed by atoms with Gasteiger partial charge >= 0.3 is 0 Å². The van der Waals surface area contributed by atoms with Gasteiger partial charge in [-0.3, -0.25) is 4.79 Å². The van der Waals surface area contributed by atoms with E-state index in [9.17, 15) is 9.18 Å². The zero-order valence-corrected chi connectivity index (χ0v) is 12.5. The van der Waals surface area contributed by atoms with E-state index in [0.29, 0.717) is 29.4 Å². The topological polar surface area (TPSA) is 52.3 Å². The Morgan fingerprint density at radius 1 is 1.29 bits per heavy atom. The van der Waals surface area contributed by atoms with E-state index in [1.165, 1.54) is 30.8 Å². The Balaban J connectivity index is 1.89. The number of hydrogen-bond acceptors (Lipinski definition) is 4. The molecule has 0 saturated carbocycles. The molecule has 0 saturated heterocycles. The third kappa shape index (κ3) is 4.49. The minimum atomic E-state index is -0.347. The van der Waals surface area contributed by atoms with Crippen molar-refractivity contribution in [2.24, 2.45) is 0 Å². The fourth-order valence-corrected chi connectivity index (χ4v) is 2.68. The van der Waals surface area contributed by atoms with E-state index in [4.69, 9.17) is 10.5 Å². The van der Waals surface area contributed by atoms with Crippen LogP contribution in [0.25, 0.3) is 0 Å². The van der Waals surface area contributed by atoms with Gasteiger partial charge in [-0.1, -0.05) is 12.1 Å². The number of nitrogens with two attached hydrogens (primary N) is 1. The van der Waals surface area contributed by atoms with Crippen LogP contribution < -0.4 is 10.5 Å². The van der Waals surface area contributed by atoms with Gasteiger partial charge in [-0.2, -0.15) is 0 Å². The lowest BCUT2D eigenvalue weighted by Crippen LogP contribution is -2.04. The van der Waals surface area contributed by atoms with Crippen LogP contribution in [0.2, 0.25) is 0 Å². The molecule has 0 aromatic heterocycles. The van der Waals surface area contributed by atoms with Gasteiger partial charge in [-0.25, -0.2) is 4.39 Å². The maximum Gasteiger partial charge on any atom is 0.163 e. The first-order valence-corrected chi connectivity index (χ1v) is 7.46. The van der Waals surface area contributed by atoms with E-state index < -0.39 is 0 Å². The number of nitrogen functional groups attached to an aromatic ring is 1. The predicted molar refractivity (Wildman–Crippen MR) is 83.5 cm³/mol. The molecule has 0 spiro atoms. The quantitative estimate of drug-likeness (QED) is 0.382. The van der Waals surface area contributed by atoms with Crippen molar-refractivity contribution in [3.63, 3.8) is 0 Å². The highest BCUT2D eigenvalue weighted by Gasteiger charge is 2.07. The number of benzene rings is 2. The number of anilines is 1. The first-order valence-electron chi connectivity index (χ1n) is 6.48. The fraction of sp³-hybridized carbons (Fsp3) is 0.188. The molecule has 0 amide bonds. The number of Topliss-reactive ketones (excluding diaryl/α,β-unsaturated/α-hetero) is 1. The summed E-state index contributed by atoms with van der Waals surface area (Å²) in [5, 5.41) is 0. The van der Waals surface area contributed by atoms with Crippen LogP contribution in [-0.4, -0.2) is 18.1 Å². The lowest BCUT2D eigenvalue weighted by molar-refractivity contribution is 0.101. The second-order valence-corrected chi connectivity index (χ2v) is 5.64. The molecule has 2 aromatic rings. The number of ketones is 1. The van der Waals surface area contributed by atoms with Gasteiger partial charge in [0.15, 0.2) is 5.78 Å². The lowest BCUT2D eigenvalue weighted by Gasteiger charge is -2.09. The summed E-state index contributed by atoms with van der Waals surface area (Å²) in [4.78, 5) is 12.2. The predicted octanol–water partition coefficient (Wildman–Crippen LogP) is 3.78. The van der Waals surface area contributed by atoms with Crippen molar-refractivity contribution in [3.8, 4) is 5.75 Å². The number of carbonyl (C=O) groups is 1. The molecule has 2 rings (SSSR count). The average Bonchev–Trinajstić information content (AvgIpc) is 2.43. The number of carbonyl (C=O) groups excluding carboxylic acids is 1. The minimum Gasteiger partial charge on any atom is -0.492 e. The van der Waals surface area contributed by atoms with Crippen molar-refractivity contribution < 1.29 is 13.9 Å². The van der Waals surface area contributed by atoms with Crippen LogP contribution >= 0.6 is 11.8 Å². The Hall–Kier alpha value is -2.01. The molecule has 0 aliphatic rings. The molecule has 2 N–H and O–H groups in total. The molecule has 5 heteroatoms. The van der Waals surface area contributed by atoms with Gasteiger partial charge in [-0.15, -0.1) is 11.8 Å². The van der Waals surface area contributed by atoms with E-state index >= 15 is 0 Å². The first-order chi connectivity index (χ1) is 10.1. The molecule has 2 aromatic carbocycles. The normalized spacial score (nSPS) is 10.4. The maximum absolute atomic E-state index is 13.2. The highest BCUT2D eigenvalue weighted by molar-refractivity contribution is 7.99. The van der Waals surface area contributed by atoms with E-state index in [-0.39, 0.29) is 11.6 Å². The largest absolute Gasteiger partial charge is 0.492 e. The first kappa shape index (κ1) is 15.4. The van der Waals surface area contributed by atoms with E-state index in [2.05, 4.69) is 0 Å². The SMILES string of the molecule is CC(=O)c1ccccc1OCCSc1cc(N)cc(F)c1. The zero-order chi connectivity index (χ0) is 15.2. The van der Waals surface area contributed by atoms with Crippen LogP contribution in [0, 0.1) is 5.82 Å². The second-order valence-electron chi connectivity index (χ2n) is 4.47. The van der Waals surface area contributed by atoms with E-state index in [1.807, 2.05) is 6.07 Å². The Morgan fingerprint density at radius 3 is 2.76 bits per heavy atom. The van der Waals surface area contributed by atoms with Crippen molar-refractivity contribution >= 4 is 23.2 Å². The van der Waals surface area contributed by atoms with Gasteiger partial charge < -0.3 is 10.5 Å². The van der Waals surface area contributed by atoms with Crippen LogP contribution in [0.15, 0.2) is 47.4 Å². The smallest absolute Gasteiger partial charge is 0.163 e. The van der Waals surface area contributed by atoms with Crippen molar-refractivity contribution in [2.45, 2.75) is 11.8 Å². The molecule has 3 nitrogen and oxygen atoms in total. The summed E-state index contributed by atoms with van der Waals surface area (Å²) in [7, 11) is 0. The highest BCUT2D eigenvalue weighted by Crippen LogP contribution is 2.23. The summed E-state index contributed by atoms with van der Waals surface area (Å²) in [6.45, 7) is 1.93. The summed E-state index contributed by atoms with van der Waals surface area (Å²) < 4.78 is 18.8. The molecule has 21 heavy (non-hydrogen) atoms. The minimum absolute atomic E-state index is 0.0313. The summed E-state index contributed by atoms with van der Waals surface area (Å²) in [5.74, 6) is 0.829. The molecule has 0 bridgehead atoms. The molecule has 0 heterocycles. The monoisotopic (exact) mass is 305 g/mol. The van der Waals surface area contributed by atoms with Crippen molar-refractivity contribution in [1.82, 2.24) is 0 Å². The molecule has 110 valence electrons. The Kier molecular flexibility index (Phi) is 5.22. The maximum atomic E-state index is 13.2. The Morgan fingerprint density at radius 2 is 2.05 bits per heavy atom. The average molecular weight is 305 g/mol. The number of rotatable bonds is 6. The van der Waals surface area contributed by atoms with Gasteiger partial charge in [0.25, 0.3) is 0 Å². The zero-order valence-electron chi connectivity index (χ0n) is 11.6. The van der Waals surface area contributed by atoms with Crippen LogP contribution in [0.5, 0.6) is 5.75 Å². The standard InChI is InChI=1S/C16H16FNO2S/c1-11(19)15-4-2-3-5-16(15)20-6-7-21-14-9-12(17)8-13(18)10-14/h2-5,8-10H,6-7,18H2,1H3. The van der Waals surface area contributed by atoms with Crippen molar-refractivity contribution in [3.05, 3.63) is 53.8 Å². The summed E-state index contributed by atoms with van der Waals surface area (Å²) in [6, 6.07) is 11.6. The van der Waals surface area contributed by atoms with Gasteiger partial charge in [0.05, 0.1) is 12.2 Å². The lowest BCUT2D eigenvalue weighted by atomic mass is 10.1. The fourth-order valence-electron chi connectivity index (χ4n) is 1.86. The molecule has 0 atom stereocenters. The summed E-state index contributed by atoms with van der Waals surface area (Å²) >= 11 is 1.45. The van der Waals surface area contributed by atoms with E-state index in [0.717, 1.165) is 4.90 Å². The molecule has 0 unspecified atom stereocenters. The third-order valence-electron chi connectivity index (χ3n) is 2.77. The van der Waals surface area contributed by atoms with Gasteiger partial charge in [0.1, 0.15) is 11.6 Å². The molecular formula is C16H16FNO2S. The van der Waals surface area contributed by atoms with Gasteiger partial charge in [-0.05, 0) is 37.3 Å². The molecule has 0 radical (unpaired) electrons. The number of para-hydroxylation sites is 1. The molecular weight excluding hydrogens is 289 g/mol. The van der Waals surface area contributed by atoms with Crippen molar-refractivity contribution in [2.75, 3.05) is 18.1 Å². The van der Waals surface area contributed by atoms with Crippen LogP contribution in [0.1, 0.15) is 17.3 Å². The number of halogens is 1. The third-order valence-corrected chi connectivity index (χ3v) is 3.71. The van der Waals surface area contributed by atoms with Crippen LogP contribution in [0.4, 0.5) is 10.1 Å². The van der Waals surface area contributed by atoms with Crippen LogP contribution in [0.3, 0.4) is 0 Å². The van der Waals surface area contributed by atoms with Gasteiger partial charge in [0.2, 0.25) is 0 Å². The Bertz CT molecular complexity index is 626. The molecule has 0 fully saturated rings.